The van der Waals surface area contributed by atoms with E-state index in [1.54, 1.807) is 0 Å². The van der Waals surface area contributed by atoms with E-state index < -0.39 is 9.24 Å². The zero-order valence-electron chi connectivity index (χ0n) is 7.33. The van der Waals surface area contributed by atoms with Crippen LogP contribution in [-0.2, 0) is 9.24 Å². The molecule has 1 fully saturated rings. The first-order chi connectivity index (χ1) is 5.46. The van der Waals surface area contributed by atoms with Gasteiger partial charge in [0, 0.05) is 22.8 Å². The highest BCUT2D eigenvalue weighted by atomic mass is 35.7. The molecule has 0 aliphatic carbocycles. The van der Waals surface area contributed by atoms with Crippen LogP contribution in [0.4, 0.5) is 0 Å². The van der Waals surface area contributed by atoms with Gasteiger partial charge in [-0.1, -0.05) is 6.92 Å². The molecule has 5 heteroatoms. The van der Waals surface area contributed by atoms with Crippen molar-refractivity contribution >= 4 is 19.9 Å². The summed E-state index contributed by atoms with van der Waals surface area (Å²) < 4.78 is 23.6. The van der Waals surface area contributed by atoms with E-state index in [1.165, 1.54) is 4.31 Å². The predicted molar refractivity (Wildman–Crippen MR) is 49.4 cm³/mol. The summed E-state index contributed by atoms with van der Waals surface area (Å²) in [4.78, 5) is 0. The number of hydrogen-bond donors (Lipinski definition) is 0. The van der Waals surface area contributed by atoms with Crippen molar-refractivity contribution in [3.05, 3.63) is 0 Å². The average molecular weight is 212 g/mol. The molecule has 1 aliphatic heterocycles. The second-order valence-electron chi connectivity index (χ2n) is 3.26. The highest BCUT2D eigenvalue weighted by Gasteiger charge is 2.36. The lowest BCUT2D eigenvalue weighted by Gasteiger charge is -2.22. The second-order valence-corrected chi connectivity index (χ2v) is 5.68. The molecule has 2 unspecified atom stereocenters. The Kier molecular flexibility index (Phi) is 3.01. The quantitative estimate of drug-likeness (QED) is 0.653. The van der Waals surface area contributed by atoms with Crippen molar-refractivity contribution in [1.82, 2.24) is 4.31 Å². The van der Waals surface area contributed by atoms with Gasteiger partial charge in [0.2, 0.25) is 0 Å². The smallest absolute Gasteiger partial charge is 0.195 e. The maximum atomic E-state index is 11.1. The SMILES string of the molecule is CCC1CCC(C)N1S(=O)(=O)Cl. The summed E-state index contributed by atoms with van der Waals surface area (Å²) in [6.45, 7) is 3.88. The van der Waals surface area contributed by atoms with Crippen LogP contribution in [0.1, 0.15) is 33.1 Å². The van der Waals surface area contributed by atoms with E-state index in [4.69, 9.17) is 10.7 Å². The standard InChI is InChI=1S/C7H14ClNO2S/c1-3-7-5-4-6(2)9(7)12(8,10)11/h6-7H,3-5H2,1-2H3. The minimum absolute atomic E-state index is 0.0671. The first kappa shape index (κ1) is 10.3. The van der Waals surface area contributed by atoms with Crippen LogP contribution in [0.25, 0.3) is 0 Å². The molecule has 0 aromatic carbocycles. The summed E-state index contributed by atoms with van der Waals surface area (Å²) in [7, 11) is 1.80. The van der Waals surface area contributed by atoms with E-state index in [2.05, 4.69) is 0 Å². The molecule has 12 heavy (non-hydrogen) atoms. The Labute approximate surface area is 78.3 Å². The summed E-state index contributed by atoms with van der Waals surface area (Å²) in [5.41, 5.74) is 0. The van der Waals surface area contributed by atoms with Gasteiger partial charge in [0.1, 0.15) is 0 Å². The molecular weight excluding hydrogens is 198 g/mol. The average Bonchev–Trinajstić information content (AvgIpc) is 2.29. The lowest BCUT2D eigenvalue weighted by molar-refractivity contribution is 0.336. The van der Waals surface area contributed by atoms with Crippen LogP contribution in [0.15, 0.2) is 0 Å². The van der Waals surface area contributed by atoms with Crippen LogP contribution < -0.4 is 0 Å². The normalized spacial score (nSPS) is 32.6. The predicted octanol–water partition coefficient (Wildman–Crippen LogP) is 1.73. The molecule has 2 atom stereocenters. The Morgan fingerprint density at radius 3 is 2.42 bits per heavy atom. The molecular formula is C7H14ClNO2S. The van der Waals surface area contributed by atoms with Crippen LogP contribution in [0, 0.1) is 0 Å². The van der Waals surface area contributed by atoms with Gasteiger partial charge in [0.15, 0.2) is 0 Å². The van der Waals surface area contributed by atoms with E-state index in [9.17, 15) is 8.42 Å². The molecule has 0 amide bonds. The third-order valence-corrected chi connectivity index (χ3v) is 4.07. The van der Waals surface area contributed by atoms with Crippen molar-refractivity contribution in [1.29, 1.82) is 0 Å². The van der Waals surface area contributed by atoms with Gasteiger partial charge in [-0.3, -0.25) is 0 Å². The molecule has 1 aliphatic rings. The minimum Gasteiger partial charge on any atom is -0.195 e. The highest BCUT2D eigenvalue weighted by Crippen LogP contribution is 2.30. The number of hydrogen-bond acceptors (Lipinski definition) is 2. The Morgan fingerprint density at radius 1 is 1.50 bits per heavy atom. The molecule has 0 spiro atoms. The molecule has 1 heterocycles. The Hall–Kier alpha value is 0.200. The number of nitrogens with zero attached hydrogens (tertiary/aromatic N) is 1. The Bertz CT molecular complexity index is 252. The minimum atomic E-state index is -3.51. The van der Waals surface area contributed by atoms with Gasteiger partial charge in [-0.05, 0) is 26.2 Å². The van der Waals surface area contributed by atoms with E-state index in [0.29, 0.717) is 0 Å². The maximum absolute atomic E-state index is 11.1. The molecule has 0 bridgehead atoms. The van der Waals surface area contributed by atoms with Crippen molar-refractivity contribution in [2.75, 3.05) is 0 Å². The van der Waals surface area contributed by atoms with Gasteiger partial charge in [-0.25, -0.2) is 0 Å². The fourth-order valence-electron chi connectivity index (χ4n) is 1.83. The van der Waals surface area contributed by atoms with Crippen molar-refractivity contribution in [3.63, 3.8) is 0 Å². The highest BCUT2D eigenvalue weighted by molar-refractivity contribution is 8.11. The van der Waals surface area contributed by atoms with Crippen LogP contribution in [0.2, 0.25) is 0 Å². The van der Waals surface area contributed by atoms with Crippen LogP contribution >= 0.6 is 10.7 Å². The molecule has 0 radical (unpaired) electrons. The largest absolute Gasteiger partial charge is 0.300 e. The maximum Gasteiger partial charge on any atom is 0.300 e. The summed E-state index contributed by atoms with van der Waals surface area (Å²) in [6, 6.07) is 0.181. The third-order valence-electron chi connectivity index (χ3n) is 2.44. The topological polar surface area (TPSA) is 37.4 Å². The fraction of sp³-hybridized carbons (Fsp3) is 1.00. The van der Waals surface area contributed by atoms with E-state index in [0.717, 1.165) is 19.3 Å². The Morgan fingerprint density at radius 2 is 2.08 bits per heavy atom. The van der Waals surface area contributed by atoms with Crippen molar-refractivity contribution in [2.24, 2.45) is 0 Å². The van der Waals surface area contributed by atoms with Crippen molar-refractivity contribution < 1.29 is 8.42 Å². The van der Waals surface area contributed by atoms with Gasteiger partial charge in [-0.2, -0.15) is 12.7 Å². The zero-order chi connectivity index (χ0) is 9.35. The number of halogens is 1. The van der Waals surface area contributed by atoms with Crippen LogP contribution in [-0.4, -0.2) is 24.8 Å². The molecule has 3 nitrogen and oxygen atoms in total. The van der Waals surface area contributed by atoms with Crippen LogP contribution in [0.3, 0.4) is 0 Å². The molecule has 0 saturated carbocycles. The first-order valence-corrected chi connectivity index (χ1v) is 6.46. The molecule has 72 valence electrons. The first-order valence-electron chi connectivity index (χ1n) is 4.20. The summed E-state index contributed by atoms with van der Waals surface area (Å²) in [5, 5.41) is 0. The van der Waals surface area contributed by atoms with E-state index in [-0.39, 0.29) is 12.1 Å². The van der Waals surface area contributed by atoms with E-state index in [1.807, 2.05) is 13.8 Å². The van der Waals surface area contributed by atoms with Gasteiger partial charge in [0.05, 0.1) is 0 Å². The lowest BCUT2D eigenvalue weighted by Crippen LogP contribution is -2.36. The van der Waals surface area contributed by atoms with Gasteiger partial charge in [-0.15, -0.1) is 0 Å². The molecule has 1 saturated heterocycles. The molecule has 1 rings (SSSR count). The van der Waals surface area contributed by atoms with E-state index >= 15 is 0 Å². The second kappa shape index (κ2) is 3.52. The summed E-state index contributed by atoms with van der Waals surface area (Å²) in [6.07, 6.45) is 2.70. The number of rotatable bonds is 2. The lowest BCUT2D eigenvalue weighted by atomic mass is 10.2. The van der Waals surface area contributed by atoms with Crippen LogP contribution in [0.5, 0.6) is 0 Å². The summed E-state index contributed by atoms with van der Waals surface area (Å²) >= 11 is 0. The monoisotopic (exact) mass is 211 g/mol. The Balaban J connectivity index is 2.85. The van der Waals surface area contributed by atoms with Crippen molar-refractivity contribution in [2.45, 2.75) is 45.2 Å². The molecule has 0 aromatic heterocycles. The zero-order valence-corrected chi connectivity index (χ0v) is 8.90. The molecule has 0 aromatic rings. The fourth-order valence-corrected chi connectivity index (χ4v) is 3.72. The van der Waals surface area contributed by atoms with Crippen molar-refractivity contribution in [3.8, 4) is 0 Å². The third kappa shape index (κ3) is 1.92. The van der Waals surface area contributed by atoms with Gasteiger partial charge >= 0.3 is 0 Å². The van der Waals surface area contributed by atoms with Gasteiger partial charge < -0.3 is 0 Å². The molecule has 0 N–H and O–H groups in total. The summed E-state index contributed by atoms with van der Waals surface area (Å²) in [5.74, 6) is 0. The van der Waals surface area contributed by atoms with Gasteiger partial charge in [0.25, 0.3) is 9.24 Å².